The Kier molecular flexibility index (Phi) is 5.40. The molecule has 110 valence electrons. The number of nitrogens with zero attached hydrogens (tertiary/aromatic N) is 1. The molecule has 0 atom stereocenters. The molecule has 2 nitrogen and oxygen atoms in total. The summed E-state index contributed by atoms with van der Waals surface area (Å²) in [6.07, 6.45) is 2.79. The van der Waals surface area contributed by atoms with Crippen molar-refractivity contribution in [3.8, 4) is 5.75 Å². The lowest BCUT2D eigenvalue weighted by Crippen LogP contribution is -1.98. The fourth-order valence-corrected chi connectivity index (χ4v) is 2.16. The molecule has 3 heteroatoms. The minimum atomic E-state index is 0.682. The zero-order valence-corrected chi connectivity index (χ0v) is 13.4. The van der Waals surface area contributed by atoms with E-state index in [0.717, 1.165) is 23.4 Å². The smallest absolute Gasteiger partial charge is 0.128 e. The van der Waals surface area contributed by atoms with Crippen molar-refractivity contribution in [1.82, 2.24) is 0 Å². The highest BCUT2D eigenvalue weighted by Gasteiger charge is 2.03. The van der Waals surface area contributed by atoms with Crippen LogP contribution in [0.3, 0.4) is 0 Å². The summed E-state index contributed by atoms with van der Waals surface area (Å²) in [5.74, 6) is 0.815. The summed E-state index contributed by atoms with van der Waals surface area (Å²) < 4.78 is 5.73. The summed E-state index contributed by atoms with van der Waals surface area (Å²) in [5, 5.41) is 0.682. The van der Waals surface area contributed by atoms with Gasteiger partial charge in [0.25, 0.3) is 0 Å². The van der Waals surface area contributed by atoms with Gasteiger partial charge in [-0.15, -0.1) is 0 Å². The molecule has 0 spiro atoms. The van der Waals surface area contributed by atoms with Gasteiger partial charge < -0.3 is 4.74 Å². The molecule has 0 aliphatic rings. The van der Waals surface area contributed by atoms with Gasteiger partial charge in [0, 0.05) is 16.8 Å². The van der Waals surface area contributed by atoms with Crippen LogP contribution in [0.1, 0.15) is 30.0 Å². The molecule has 0 aromatic heterocycles. The first-order valence-electron chi connectivity index (χ1n) is 7.14. The second-order valence-corrected chi connectivity index (χ2v) is 5.44. The second-order valence-electron chi connectivity index (χ2n) is 5.01. The fraction of sp³-hybridized carbons (Fsp3) is 0.278. The van der Waals surface area contributed by atoms with Gasteiger partial charge in [-0.05, 0) is 55.7 Å². The molecule has 0 N–H and O–H groups in total. The van der Waals surface area contributed by atoms with Crippen molar-refractivity contribution in [2.75, 3.05) is 6.61 Å². The van der Waals surface area contributed by atoms with Crippen molar-refractivity contribution in [2.24, 2.45) is 4.99 Å². The lowest BCUT2D eigenvalue weighted by atomic mass is 10.1. The third kappa shape index (κ3) is 4.08. The molecule has 0 radical (unpaired) electrons. The minimum Gasteiger partial charge on any atom is -0.493 e. The van der Waals surface area contributed by atoms with Crippen LogP contribution in [-0.2, 0) is 0 Å². The highest BCUT2D eigenvalue weighted by molar-refractivity contribution is 6.30. The molecule has 0 aliphatic carbocycles. The summed E-state index contributed by atoms with van der Waals surface area (Å²) in [5.41, 5.74) is 4.29. The fourth-order valence-electron chi connectivity index (χ4n) is 1.98. The molecule has 21 heavy (non-hydrogen) atoms. The van der Waals surface area contributed by atoms with Crippen molar-refractivity contribution in [2.45, 2.75) is 27.2 Å². The zero-order chi connectivity index (χ0) is 15.2. The molecule has 0 aliphatic heterocycles. The summed E-state index contributed by atoms with van der Waals surface area (Å²) in [6, 6.07) is 11.7. The van der Waals surface area contributed by atoms with Crippen molar-refractivity contribution >= 4 is 23.5 Å². The van der Waals surface area contributed by atoms with E-state index in [-0.39, 0.29) is 0 Å². The molecular formula is C18H20ClNO. The van der Waals surface area contributed by atoms with Crippen LogP contribution in [0.15, 0.2) is 41.4 Å². The van der Waals surface area contributed by atoms with Gasteiger partial charge in [0.1, 0.15) is 5.75 Å². The van der Waals surface area contributed by atoms with Crippen LogP contribution in [0.5, 0.6) is 5.75 Å². The third-order valence-corrected chi connectivity index (χ3v) is 3.59. The Balaban J connectivity index is 2.31. The second kappa shape index (κ2) is 7.28. The molecule has 0 unspecified atom stereocenters. The number of rotatable bonds is 5. The lowest BCUT2D eigenvalue weighted by molar-refractivity contribution is 0.317. The number of hydrogen-bond donors (Lipinski definition) is 0. The van der Waals surface area contributed by atoms with E-state index in [4.69, 9.17) is 16.3 Å². The maximum absolute atomic E-state index is 6.07. The van der Waals surface area contributed by atoms with Crippen LogP contribution in [0.2, 0.25) is 5.02 Å². The Bertz CT molecular complexity index is 650. The minimum absolute atomic E-state index is 0.682. The third-order valence-electron chi connectivity index (χ3n) is 3.35. The zero-order valence-electron chi connectivity index (χ0n) is 12.7. The van der Waals surface area contributed by atoms with Gasteiger partial charge in [-0.1, -0.05) is 30.7 Å². The van der Waals surface area contributed by atoms with Crippen molar-refractivity contribution < 1.29 is 4.74 Å². The Morgan fingerprint density at radius 3 is 2.76 bits per heavy atom. The number of hydrogen-bond acceptors (Lipinski definition) is 2. The molecule has 0 bridgehead atoms. The van der Waals surface area contributed by atoms with E-state index in [1.807, 2.05) is 36.5 Å². The van der Waals surface area contributed by atoms with Crippen LogP contribution in [0.25, 0.3) is 0 Å². The first-order valence-corrected chi connectivity index (χ1v) is 7.52. The quantitative estimate of drug-likeness (QED) is 0.669. The molecule has 0 fully saturated rings. The Labute approximate surface area is 131 Å². The first-order chi connectivity index (χ1) is 10.1. The predicted octanol–water partition coefficient (Wildman–Crippen LogP) is 5.50. The van der Waals surface area contributed by atoms with Gasteiger partial charge in [-0.2, -0.15) is 0 Å². The SMILES string of the molecule is CCCOc1ccc(Cl)cc1C=Nc1cccc(C)c1C. The van der Waals surface area contributed by atoms with Crippen LogP contribution < -0.4 is 4.74 Å². The van der Waals surface area contributed by atoms with Crippen molar-refractivity contribution in [3.63, 3.8) is 0 Å². The highest BCUT2D eigenvalue weighted by atomic mass is 35.5. The van der Waals surface area contributed by atoms with Crippen molar-refractivity contribution in [1.29, 1.82) is 0 Å². The standard InChI is InChI=1S/C18H20ClNO/c1-4-10-21-18-9-8-16(19)11-15(18)12-20-17-7-5-6-13(2)14(17)3/h5-9,11-12H,4,10H2,1-3H3. The molecule has 0 saturated heterocycles. The predicted molar refractivity (Wildman–Crippen MR) is 90.4 cm³/mol. The van der Waals surface area contributed by atoms with E-state index in [1.54, 1.807) is 0 Å². The van der Waals surface area contributed by atoms with E-state index in [1.165, 1.54) is 11.1 Å². The first kappa shape index (κ1) is 15.6. The molecule has 0 saturated carbocycles. The Morgan fingerprint density at radius 2 is 2.00 bits per heavy atom. The Hall–Kier alpha value is -1.80. The Morgan fingerprint density at radius 1 is 1.19 bits per heavy atom. The van der Waals surface area contributed by atoms with Gasteiger partial charge in [-0.3, -0.25) is 4.99 Å². The van der Waals surface area contributed by atoms with E-state index in [9.17, 15) is 0 Å². The average Bonchev–Trinajstić information content (AvgIpc) is 2.48. The molecule has 0 amide bonds. The lowest BCUT2D eigenvalue weighted by Gasteiger charge is -2.08. The normalized spacial score (nSPS) is 11.0. The number of aliphatic imine (C=N–C) groups is 1. The van der Waals surface area contributed by atoms with Gasteiger partial charge in [0.15, 0.2) is 0 Å². The molecule has 0 heterocycles. The molecular weight excluding hydrogens is 282 g/mol. The van der Waals surface area contributed by atoms with Crippen LogP contribution in [-0.4, -0.2) is 12.8 Å². The maximum Gasteiger partial charge on any atom is 0.128 e. The largest absolute Gasteiger partial charge is 0.493 e. The number of halogens is 1. The monoisotopic (exact) mass is 301 g/mol. The summed E-state index contributed by atoms with van der Waals surface area (Å²) in [6.45, 7) is 6.93. The van der Waals surface area contributed by atoms with Crippen LogP contribution in [0, 0.1) is 13.8 Å². The summed E-state index contributed by atoms with van der Waals surface area (Å²) in [7, 11) is 0. The van der Waals surface area contributed by atoms with Crippen LogP contribution >= 0.6 is 11.6 Å². The van der Waals surface area contributed by atoms with E-state index in [0.29, 0.717) is 11.6 Å². The van der Waals surface area contributed by atoms with E-state index in [2.05, 4.69) is 31.8 Å². The highest BCUT2D eigenvalue weighted by Crippen LogP contribution is 2.24. The topological polar surface area (TPSA) is 21.6 Å². The van der Waals surface area contributed by atoms with Crippen LogP contribution in [0.4, 0.5) is 5.69 Å². The summed E-state index contributed by atoms with van der Waals surface area (Å²) >= 11 is 6.07. The van der Waals surface area contributed by atoms with Gasteiger partial charge in [-0.25, -0.2) is 0 Å². The van der Waals surface area contributed by atoms with Gasteiger partial charge in [0.2, 0.25) is 0 Å². The van der Waals surface area contributed by atoms with Crippen molar-refractivity contribution in [3.05, 3.63) is 58.1 Å². The molecule has 2 aromatic rings. The number of benzene rings is 2. The van der Waals surface area contributed by atoms with Gasteiger partial charge >= 0.3 is 0 Å². The number of aryl methyl sites for hydroxylation is 1. The van der Waals surface area contributed by atoms with E-state index < -0.39 is 0 Å². The molecule has 2 rings (SSSR count). The average molecular weight is 302 g/mol. The molecule has 2 aromatic carbocycles. The summed E-state index contributed by atoms with van der Waals surface area (Å²) in [4.78, 5) is 4.58. The maximum atomic E-state index is 6.07. The number of ether oxygens (including phenoxy) is 1. The van der Waals surface area contributed by atoms with E-state index >= 15 is 0 Å². The van der Waals surface area contributed by atoms with Gasteiger partial charge in [0.05, 0.1) is 12.3 Å².